The number of hydrogen-bond acceptors (Lipinski definition) is 7. The molecule has 0 aliphatic carbocycles. The lowest BCUT2D eigenvalue weighted by molar-refractivity contribution is 0.0660. The Morgan fingerprint density at radius 1 is 1.14 bits per heavy atom. The highest BCUT2D eigenvalue weighted by Crippen LogP contribution is 2.27. The molecule has 0 radical (unpaired) electrons. The van der Waals surface area contributed by atoms with Gasteiger partial charge in [0.25, 0.3) is 0 Å². The summed E-state index contributed by atoms with van der Waals surface area (Å²) in [5.41, 5.74) is 3.55. The van der Waals surface area contributed by atoms with Crippen LogP contribution in [0.1, 0.15) is 11.1 Å². The number of likely N-dealkylation sites (N-methyl/N-ethyl adjacent to an activating group) is 1. The number of rotatable bonds is 10. The van der Waals surface area contributed by atoms with Crippen LogP contribution < -0.4 is 4.74 Å². The fourth-order valence-corrected chi connectivity index (χ4v) is 3.11. The van der Waals surface area contributed by atoms with Crippen LogP contribution in [-0.4, -0.2) is 63.1 Å². The van der Waals surface area contributed by atoms with E-state index in [0.717, 1.165) is 22.2 Å². The molecule has 0 unspecified atom stereocenters. The lowest BCUT2D eigenvalue weighted by Gasteiger charge is -2.24. The molecule has 2 N–H and O–H groups in total. The zero-order valence-electron chi connectivity index (χ0n) is 16.2. The second-order valence-corrected chi connectivity index (χ2v) is 6.60. The first-order valence-corrected chi connectivity index (χ1v) is 9.08. The second kappa shape index (κ2) is 9.61. The maximum atomic E-state index is 9.43. The first-order chi connectivity index (χ1) is 13.7. The predicted molar refractivity (Wildman–Crippen MR) is 105 cm³/mol. The van der Waals surface area contributed by atoms with Crippen LogP contribution in [0.2, 0.25) is 0 Å². The zero-order chi connectivity index (χ0) is 19.9. The van der Waals surface area contributed by atoms with Gasteiger partial charge in [-0.15, -0.1) is 0 Å². The highest BCUT2D eigenvalue weighted by atomic mass is 16.5. The van der Waals surface area contributed by atoms with Crippen molar-refractivity contribution in [1.29, 1.82) is 0 Å². The van der Waals surface area contributed by atoms with E-state index in [1.54, 1.807) is 7.11 Å². The molecule has 0 amide bonds. The van der Waals surface area contributed by atoms with Gasteiger partial charge in [-0.1, -0.05) is 30.3 Å². The third-order valence-electron chi connectivity index (χ3n) is 4.69. The highest BCUT2D eigenvalue weighted by molar-refractivity contribution is 5.83. The van der Waals surface area contributed by atoms with Gasteiger partial charge in [0.05, 0.1) is 33.0 Å². The molecule has 28 heavy (non-hydrogen) atoms. The third-order valence-corrected chi connectivity index (χ3v) is 4.69. The average molecular weight is 386 g/mol. The Morgan fingerprint density at radius 2 is 1.89 bits per heavy atom. The summed E-state index contributed by atoms with van der Waals surface area (Å²) < 4.78 is 13.2. The van der Waals surface area contributed by atoms with Gasteiger partial charge in [0, 0.05) is 18.3 Å². The Bertz CT molecular complexity index is 881. The summed E-state index contributed by atoms with van der Waals surface area (Å²) in [6.45, 7) is 1.08. The number of fused-ring (bicyclic) bond motifs is 1. The number of methoxy groups -OCH3 is 1. The normalized spacial score (nSPS) is 11.6. The molecule has 3 rings (SSSR count). The van der Waals surface area contributed by atoms with Crippen molar-refractivity contribution in [3.05, 3.63) is 54.0 Å². The van der Waals surface area contributed by atoms with Crippen LogP contribution in [0, 0.1) is 0 Å². The van der Waals surface area contributed by atoms with E-state index in [-0.39, 0.29) is 19.3 Å². The predicted octanol–water partition coefficient (Wildman–Crippen LogP) is 1.40. The number of benzene rings is 1. The molecule has 0 aliphatic heterocycles. The molecule has 3 aromatic rings. The van der Waals surface area contributed by atoms with Crippen molar-refractivity contribution in [1.82, 2.24) is 19.4 Å². The van der Waals surface area contributed by atoms with Crippen molar-refractivity contribution in [2.45, 2.75) is 25.9 Å². The Kier molecular flexibility index (Phi) is 6.94. The molecule has 2 aromatic heterocycles. The lowest BCUT2D eigenvalue weighted by Crippen LogP contribution is -2.37. The number of aliphatic hydroxyl groups is 2. The van der Waals surface area contributed by atoms with Gasteiger partial charge in [0.15, 0.2) is 0 Å². The summed E-state index contributed by atoms with van der Waals surface area (Å²) in [6.07, 6.45) is 3.42. The molecule has 0 saturated heterocycles. The minimum Gasteiger partial charge on any atom is -0.479 e. The van der Waals surface area contributed by atoms with E-state index >= 15 is 0 Å². The summed E-state index contributed by atoms with van der Waals surface area (Å²) in [4.78, 5) is 10.5. The van der Waals surface area contributed by atoms with Crippen molar-refractivity contribution in [3.8, 4) is 5.88 Å². The largest absolute Gasteiger partial charge is 0.479 e. The van der Waals surface area contributed by atoms with Gasteiger partial charge in [0.1, 0.15) is 24.1 Å². The molecule has 1 aromatic carbocycles. The Hall–Kier alpha value is -2.52. The number of ether oxygens (including phenoxy) is 2. The quantitative estimate of drug-likeness (QED) is 0.544. The zero-order valence-corrected chi connectivity index (χ0v) is 16.2. The Labute approximate surface area is 164 Å². The smallest absolute Gasteiger partial charge is 0.241 e. The van der Waals surface area contributed by atoms with E-state index in [9.17, 15) is 10.2 Å². The van der Waals surface area contributed by atoms with Crippen LogP contribution in [0.5, 0.6) is 5.88 Å². The summed E-state index contributed by atoms with van der Waals surface area (Å²) in [6, 6.07) is 9.63. The Morgan fingerprint density at radius 3 is 2.57 bits per heavy atom. The average Bonchev–Trinajstić information content (AvgIpc) is 3.07. The lowest BCUT2D eigenvalue weighted by atomic mass is 10.2. The van der Waals surface area contributed by atoms with Gasteiger partial charge in [-0.25, -0.2) is 4.98 Å². The van der Waals surface area contributed by atoms with E-state index < -0.39 is 0 Å². The molecule has 2 heterocycles. The van der Waals surface area contributed by atoms with Gasteiger partial charge in [-0.05, 0) is 12.6 Å². The fraction of sp³-hybridized carbons (Fsp3) is 0.400. The van der Waals surface area contributed by atoms with Crippen LogP contribution >= 0.6 is 0 Å². The number of hydrogen-bond donors (Lipinski definition) is 2. The number of aliphatic hydroxyl groups excluding tert-OH is 2. The molecule has 150 valence electrons. The minimum absolute atomic E-state index is 0.121. The highest BCUT2D eigenvalue weighted by Gasteiger charge is 2.19. The summed E-state index contributed by atoms with van der Waals surface area (Å²) in [5, 5.41) is 18.9. The maximum Gasteiger partial charge on any atom is 0.241 e. The molecule has 0 saturated carbocycles. The number of aromatic nitrogens is 3. The van der Waals surface area contributed by atoms with Crippen LogP contribution in [0.25, 0.3) is 11.0 Å². The molecule has 8 heteroatoms. The first kappa shape index (κ1) is 20.2. The molecule has 8 nitrogen and oxygen atoms in total. The monoisotopic (exact) mass is 386 g/mol. The second-order valence-electron chi connectivity index (χ2n) is 6.60. The molecule has 0 bridgehead atoms. The summed E-state index contributed by atoms with van der Waals surface area (Å²) in [7, 11) is 3.42. The van der Waals surface area contributed by atoms with E-state index in [4.69, 9.17) is 9.47 Å². The van der Waals surface area contributed by atoms with E-state index in [1.807, 2.05) is 53.0 Å². The summed E-state index contributed by atoms with van der Waals surface area (Å²) in [5.74, 6) is 0.475. The number of nitrogens with zero attached hydrogens (tertiary/aromatic N) is 4. The standard InChI is InChI=1S/C20H26N4O4/c1-23(17(10-25)11-26)8-16-9-24(14-28-12-15-6-4-3-5-7-15)19-18(16)21-13-22-20(19)27-2/h3-7,9,13,17,25-26H,8,10-12,14H2,1-2H3. The molecular weight excluding hydrogens is 360 g/mol. The third kappa shape index (κ3) is 4.48. The van der Waals surface area contributed by atoms with Crippen molar-refractivity contribution in [2.75, 3.05) is 27.4 Å². The van der Waals surface area contributed by atoms with Crippen LogP contribution in [0.4, 0.5) is 0 Å². The molecule has 0 atom stereocenters. The van der Waals surface area contributed by atoms with Crippen molar-refractivity contribution in [2.24, 2.45) is 0 Å². The van der Waals surface area contributed by atoms with Gasteiger partial charge in [-0.3, -0.25) is 4.90 Å². The topological polar surface area (TPSA) is 92.9 Å². The van der Waals surface area contributed by atoms with Crippen LogP contribution in [0.3, 0.4) is 0 Å². The van der Waals surface area contributed by atoms with Crippen molar-refractivity contribution >= 4 is 11.0 Å². The molecule has 0 fully saturated rings. The fourth-order valence-electron chi connectivity index (χ4n) is 3.11. The van der Waals surface area contributed by atoms with Gasteiger partial charge >= 0.3 is 0 Å². The van der Waals surface area contributed by atoms with Crippen LogP contribution in [-0.2, 0) is 24.6 Å². The minimum atomic E-state index is -0.337. The SMILES string of the molecule is COc1ncnc2c(CN(C)C(CO)CO)cn(COCc3ccccc3)c12. The van der Waals surface area contributed by atoms with Crippen molar-refractivity contribution in [3.63, 3.8) is 0 Å². The van der Waals surface area contributed by atoms with E-state index in [2.05, 4.69) is 9.97 Å². The van der Waals surface area contributed by atoms with Crippen molar-refractivity contribution < 1.29 is 19.7 Å². The van der Waals surface area contributed by atoms with Gasteiger partial charge < -0.3 is 24.3 Å². The summed E-state index contributed by atoms with van der Waals surface area (Å²) >= 11 is 0. The van der Waals surface area contributed by atoms with Gasteiger partial charge in [0.2, 0.25) is 5.88 Å². The van der Waals surface area contributed by atoms with Gasteiger partial charge in [-0.2, -0.15) is 4.98 Å². The molecule has 0 aliphatic rings. The Balaban J connectivity index is 1.84. The molecule has 0 spiro atoms. The van der Waals surface area contributed by atoms with Crippen LogP contribution in [0.15, 0.2) is 42.9 Å². The first-order valence-electron chi connectivity index (χ1n) is 9.08. The maximum absolute atomic E-state index is 9.43. The van der Waals surface area contributed by atoms with E-state index in [1.165, 1.54) is 6.33 Å². The van der Waals surface area contributed by atoms with E-state index in [0.29, 0.717) is 25.8 Å². The molecular formula is C20H26N4O4.